The minimum atomic E-state index is -0.145. The summed E-state index contributed by atoms with van der Waals surface area (Å²) in [7, 11) is 0. The third kappa shape index (κ3) is 3.32. The third-order valence-electron chi connectivity index (χ3n) is 3.40. The molecule has 1 unspecified atom stereocenters. The Bertz CT molecular complexity index is 704. The molecule has 3 aromatic rings. The van der Waals surface area contributed by atoms with Crippen LogP contribution in [-0.2, 0) is 6.42 Å². The van der Waals surface area contributed by atoms with Crippen molar-refractivity contribution < 1.29 is 0 Å². The van der Waals surface area contributed by atoms with Gasteiger partial charge in [-0.15, -0.1) is 0 Å². The highest BCUT2D eigenvalue weighted by Crippen LogP contribution is 2.22. The fourth-order valence-electron chi connectivity index (χ4n) is 2.27. The van der Waals surface area contributed by atoms with Gasteiger partial charge in [-0.2, -0.15) is 0 Å². The number of aromatic amines is 1. The zero-order chi connectivity index (χ0) is 14.7. The molecule has 1 heterocycles. The van der Waals surface area contributed by atoms with Crippen LogP contribution in [0.4, 0.5) is 0 Å². The molecule has 0 spiro atoms. The molecule has 0 amide bonds. The number of nitrogens with two attached hydrogens (primary N) is 1. The van der Waals surface area contributed by atoms with E-state index >= 15 is 0 Å². The van der Waals surface area contributed by atoms with Gasteiger partial charge in [0.25, 0.3) is 0 Å². The molecule has 1 aromatic heterocycles. The molecule has 3 N–H and O–H groups in total. The highest BCUT2D eigenvalue weighted by molar-refractivity contribution is 6.30. The van der Waals surface area contributed by atoms with Crippen molar-refractivity contribution in [3.8, 4) is 11.3 Å². The van der Waals surface area contributed by atoms with E-state index in [9.17, 15) is 0 Å². The van der Waals surface area contributed by atoms with Crippen molar-refractivity contribution in [1.82, 2.24) is 9.97 Å². The van der Waals surface area contributed by atoms with Gasteiger partial charge in [-0.3, -0.25) is 0 Å². The lowest BCUT2D eigenvalue weighted by atomic mass is 10.1. The van der Waals surface area contributed by atoms with Crippen molar-refractivity contribution in [2.24, 2.45) is 5.73 Å². The Balaban J connectivity index is 1.76. The smallest absolute Gasteiger partial charge is 0.123 e. The molecule has 0 aliphatic heterocycles. The number of H-pyrrole nitrogens is 1. The first-order chi connectivity index (χ1) is 10.2. The second-order valence-electron chi connectivity index (χ2n) is 4.99. The zero-order valence-electron chi connectivity index (χ0n) is 11.5. The van der Waals surface area contributed by atoms with Crippen molar-refractivity contribution in [3.63, 3.8) is 0 Å². The zero-order valence-corrected chi connectivity index (χ0v) is 12.2. The number of imidazole rings is 1. The van der Waals surface area contributed by atoms with Gasteiger partial charge in [0, 0.05) is 5.02 Å². The fraction of sp³-hybridized carbons (Fsp3) is 0.118. The van der Waals surface area contributed by atoms with Crippen LogP contribution >= 0.6 is 11.6 Å². The molecule has 3 rings (SSSR count). The van der Waals surface area contributed by atoms with Crippen molar-refractivity contribution in [2.45, 2.75) is 12.5 Å². The summed E-state index contributed by atoms with van der Waals surface area (Å²) in [6, 6.07) is 17.7. The highest BCUT2D eigenvalue weighted by Gasteiger charge is 2.11. The minimum absolute atomic E-state index is 0.145. The first-order valence-corrected chi connectivity index (χ1v) is 7.20. The Morgan fingerprint density at radius 2 is 1.76 bits per heavy atom. The van der Waals surface area contributed by atoms with Gasteiger partial charge in [0.1, 0.15) is 5.82 Å². The minimum Gasteiger partial charge on any atom is -0.341 e. The summed E-state index contributed by atoms with van der Waals surface area (Å²) in [6.07, 6.45) is 2.57. The average Bonchev–Trinajstić information content (AvgIpc) is 2.99. The maximum atomic E-state index is 6.23. The molecular weight excluding hydrogens is 282 g/mol. The number of halogens is 1. The fourth-order valence-corrected chi connectivity index (χ4v) is 2.39. The second kappa shape index (κ2) is 6.12. The van der Waals surface area contributed by atoms with E-state index in [4.69, 9.17) is 17.3 Å². The molecule has 0 radical (unpaired) electrons. The lowest BCUT2D eigenvalue weighted by Gasteiger charge is -2.08. The van der Waals surface area contributed by atoms with E-state index in [0.29, 0.717) is 0 Å². The van der Waals surface area contributed by atoms with E-state index in [0.717, 1.165) is 28.5 Å². The summed E-state index contributed by atoms with van der Waals surface area (Å²) in [5, 5.41) is 0.722. The molecule has 1 atom stereocenters. The summed E-state index contributed by atoms with van der Waals surface area (Å²) < 4.78 is 0. The van der Waals surface area contributed by atoms with Crippen molar-refractivity contribution in [3.05, 3.63) is 77.2 Å². The summed E-state index contributed by atoms with van der Waals surface area (Å²) in [6.45, 7) is 0. The molecule has 3 nitrogen and oxygen atoms in total. The number of nitrogens with one attached hydrogen (secondary N) is 1. The van der Waals surface area contributed by atoms with Gasteiger partial charge in [-0.25, -0.2) is 4.98 Å². The first kappa shape index (κ1) is 13.9. The van der Waals surface area contributed by atoms with Crippen LogP contribution in [-0.4, -0.2) is 9.97 Å². The lowest BCUT2D eigenvalue weighted by Crippen LogP contribution is -2.14. The third-order valence-corrected chi connectivity index (χ3v) is 3.65. The number of benzene rings is 2. The molecule has 21 heavy (non-hydrogen) atoms. The van der Waals surface area contributed by atoms with Crippen LogP contribution in [0.3, 0.4) is 0 Å². The molecule has 0 saturated heterocycles. The van der Waals surface area contributed by atoms with Gasteiger partial charge in [0.2, 0.25) is 0 Å². The van der Waals surface area contributed by atoms with E-state index in [1.165, 1.54) is 5.56 Å². The first-order valence-electron chi connectivity index (χ1n) is 6.83. The van der Waals surface area contributed by atoms with Crippen molar-refractivity contribution >= 4 is 11.6 Å². The standard InChI is InChI=1S/C17H16ClN3/c18-14-8-6-13(7-9-14)16-11-20-17(21-16)15(19)10-12-4-2-1-3-5-12/h1-9,11,15H,10,19H2,(H,20,21). The molecule has 106 valence electrons. The topological polar surface area (TPSA) is 54.7 Å². The van der Waals surface area contributed by atoms with Gasteiger partial charge in [0.15, 0.2) is 0 Å². The molecule has 0 fully saturated rings. The van der Waals surface area contributed by atoms with E-state index < -0.39 is 0 Å². The Morgan fingerprint density at radius 1 is 1.05 bits per heavy atom. The highest BCUT2D eigenvalue weighted by atomic mass is 35.5. The molecular formula is C17H16ClN3. The van der Waals surface area contributed by atoms with Crippen molar-refractivity contribution in [2.75, 3.05) is 0 Å². The Kier molecular flexibility index (Phi) is 4.04. The van der Waals surface area contributed by atoms with Gasteiger partial charge in [-0.05, 0) is 29.7 Å². The molecule has 0 bridgehead atoms. The van der Waals surface area contributed by atoms with Crippen LogP contribution in [0.1, 0.15) is 17.4 Å². The van der Waals surface area contributed by atoms with Crippen LogP contribution in [0.5, 0.6) is 0 Å². The predicted molar refractivity (Wildman–Crippen MR) is 86.1 cm³/mol. The number of hydrogen-bond acceptors (Lipinski definition) is 2. The van der Waals surface area contributed by atoms with Gasteiger partial charge in [0.05, 0.1) is 17.9 Å². The molecule has 0 aliphatic carbocycles. The molecule has 2 aromatic carbocycles. The number of nitrogens with zero attached hydrogens (tertiary/aromatic N) is 1. The summed E-state index contributed by atoms with van der Waals surface area (Å²) in [5.74, 6) is 0.795. The number of aromatic nitrogens is 2. The second-order valence-corrected chi connectivity index (χ2v) is 5.42. The predicted octanol–water partition coefficient (Wildman–Crippen LogP) is 3.97. The summed E-state index contributed by atoms with van der Waals surface area (Å²) in [4.78, 5) is 7.69. The van der Waals surface area contributed by atoms with Crippen LogP contribution in [0.2, 0.25) is 5.02 Å². The lowest BCUT2D eigenvalue weighted by molar-refractivity contribution is 0.678. The molecule has 0 saturated carbocycles. The van der Waals surface area contributed by atoms with Crippen LogP contribution < -0.4 is 5.73 Å². The Labute approximate surface area is 128 Å². The van der Waals surface area contributed by atoms with Crippen LogP contribution in [0, 0.1) is 0 Å². The molecule has 4 heteroatoms. The monoisotopic (exact) mass is 297 g/mol. The van der Waals surface area contributed by atoms with Gasteiger partial charge < -0.3 is 10.7 Å². The van der Waals surface area contributed by atoms with E-state index in [2.05, 4.69) is 22.1 Å². The SMILES string of the molecule is NC(Cc1ccccc1)c1ncc(-c2ccc(Cl)cc2)[nH]1. The van der Waals surface area contributed by atoms with Gasteiger partial charge in [-0.1, -0.05) is 54.1 Å². The van der Waals surface area contributed by atoms with Gasteiger partial charge >= 0.3 is 0 Å². The largest absolute Gasteiger partial charge is 0.341 e. The van der Waals surface area contributed by atoms with Crippen LogP contribution in [0.15, 0.2) is 60.8 Å². The van der Waals surface area contributed by atoms with Crippen LogP contribution in [0.25, 0.3) is 11.3 Å². The van der Waals surface area contributed by atoms with E-state index in [-0.39, 0.29) is 6.04 Å². The van der Waals surface area contributed by atoms with E-state index in [1.807, 2.05) is 48.7 Å². The maximum Gasteiger partial charge on any atom is 0.123 e. The Morgan fingerprint density at radius 3 is 2.48 bits per heavy atom. The molecule has 0 aliphatic rings. The maximum absolute atomic E-state index is 6.23. The normalized spacial score (nSPS) is 12.3. The Hall–Kier alpha value is -2.10. The average molecular weight is 298 g/mol. The number of rotatable bonds is 4. The van der Waals surface area contributed by atoms with Crippen molar-refractivity contribution in [1.29, 1.82) is 0 Å². The number of hydrogen-bond donors (Lipinski definition) is 2. The van der Waals surface area contributed by atoms with E-state index in [1.54, 1.807) is 0 Å². The quantitative estimate of drug-likeness (QED) is 0.765. The summed E-state index contributed by atoms with van der Waals surface area (Å²) >= 11 is 5.90. The summed E-state index contributed by atoms with van der Waals surface area (Å²) in [5.41, 5.74) is 9.43.